The van der Waals surface area contributed by atoms with Crippen LogP contribution in [0.4, 0.5) is 4.39 Å². The molecule has 0 bridgehead atoms. The summed E-state index contributed by atoms with van der Waals surface area (Å²) >= 11 is 6.09. The van der Waals surface area contributed by atoms with Crippen LogP contribution in [-0.4, -0.2) is 33.8 Å². The summed E-state index contributed by atoms with van der Waals surface area (Å²) in [5, 5.41) is 7.93. The highest BCUT2D eigenvalue weighted by atomic mass is 35.5. The SMILES string of the molecule is NC(=O)Cc1nc([C@H]2CCNC2)n(Cc2c(F)cccc2Cl)n1. The van der Waals surface area contributed by atoms with Crippen LogP contribution in [0.15, 0.2) is 18.2 Å². The lowest BCUT2D eigenvalue weighted by atomic mass is 10.1. The van der Waals surface area contributed by atoms with Gasteiger partial charge in [0, 0.05) is 23.0 Å². The molecule has 122 valence electrons. The molecule has 0 aliphatic carbocycles. The first kappa shape index (κ1) is 15.9. The number of nitrogens with two attached hydrogens (primary N) is 1. The highest BCUT2D eigenvalue weighted by Gasteiger charge is 2.25. The van der Waals surface area contributed by atoms with Gasteiger partial charge in [0.15, 0.2) is 5.82 Å². The smallest absolute Gasteiger partial charge is 0.225 e. The molecule has 8 heteroatoms. The van der Waals surface area contributed by atoms with Crippen molar-refractivity contribution in [1.82, 2.24) is 20.1 Å². The summed E-state index contributed by atoms with van der Waals surface area (Å²) in [6, 6.07) is 4.56. The number of hydrogen-bond donors (Lipinski definition) is 2. The van der Waals surface area contributed by atoms with Gasteiger partial charge in [-0.3, -0.25) is 4.79 Å². The van der Waals surface area contributed by atoms with E-state index in [1.165, 1.54) is 6.07 Å². The number of aromatic nitrogens is 3. The summed E-state index contributed by atoms with van der Waals surface area (Å²) in [4.78, 5) is 15.5. The number of nitrogens with zero attached hydrogens (tertiary/aromatic N) is 3. The van der Waals surface area contributed by atoms with Gasteiger partial charge in [-0.2, -0.15) is 5.10 Å². The predicted molar refractivity (Wildman–Crippen MR) is 83.7 cm³/mol. The van der Waals surface area contributed by atoms with E-state index >= 15 is 0 Å². The molecule has 3 rings (SSSR count). The van der Waals surface area contributed by atoms with Crippen molar-refractivity contribution in [2.45, 2.75) is 25.3 Å². The number of carbonyl (C=O) groups is 1. The van der Waals surface area contributed by atoms with Gasteiger partial charge in [-0.05, 0) is 25.1 Å². The first-order chi connectivity index (χ1) is 11.0. The number of amides is 1. The van der Waals surface area contributed by atoms with E-state index in [0.29, 0.717) is 16.4 Å². The van der Waals surface area contributed by atoms with Gasteiger partial charge in [0.2, 0.25) is 5.91 Å². The first-order valence-electron chi connectivity index (χ1n) is 7.40. The minimum absolute atomic E-state index is 0.0366. The molecular weight excluding hydrogens is 321 g/mol. The van der Waals surface area contributed by atoms with Crippen molar-refractivity contribution < 1.29 is 9.18 Å². The number of halogens is 2. The second-order valence-corrected chi connectivity index (χ2v) is 5.98. The predicted octanol–water partition coefficient (Wildman–Crippen LogP) is 1.22. The lowest BCUT2D eigenvalue weighted by Crippen LogP contribution is -2.15. The van der Waals surface area contributed by atoms with Crippen LogP contribution in [0.25, 0.3) is 0 Å². The second kappa shape index (κ2) is 6.64. The second-order valence-electron chi connectivity index (χ2n) is 5.58. The monoisotopic (exact) mass is 337 g/mol. The Morgan fingerprint density at radius 2 is 2.35 bits per heavy atom. The highest BCUT2D eigenvalue weighted by Crippen LogP contribution is 2.24. The Hall–Kier alpha value is -1.99. The number of primary amides is 1. The summed E-state index contributed by atoms with van der Waals surface area (Å²) in [7, 11) is 0. The maximum absolute atomic E-state index is 14.0. The highest BCUT2D eigenvalue weighted by molar-refractivity contribution is 6.31. The topological polar surface area (TPSA) is 85.8 Å². The number of benzene rings is 1. The molecule has 0 spiro atoms. The summed E-state index contributed by atoms with van der Waals surface area (Å²) in [5.41, 5.74) is 5.57. The molecule has 1 atom stereocenters. The van der Waals surface area contributed by atoms with Gasteiger partial charge in [-0.25, -0.2) is 14.1 Å². The van der Waals surface area contributed by atoms with Crippen molar-refractivity contribution in [3.05, 3.63) is 46.3 Å². The average Bonchev–Trinajstić information content (AvgIpc) is 3.11. The lowest BCUT2D eigenvalue weighted by molar-refractivity contribution is -0.117. The van der Waals surface area contributed by atoms with Crippen LogP contribution in [0.3, 0.4) is 0 Å². The zero-order valence-corrected chi connectivity index (χ0v) is 13.2. The largest absolute Gasteiger partial charge is 0.369 e. The summed E-state index contributed by atoms with van der Waals surface area (Å²) in [5.74, 6) is 0.370. The van der Waals surface area contributed by atoms with Gasteiger partial charge in [0.1, 0.15) is 11.6 Å². The molecule has 0 unspecified atom stereocenters. The molecule has 0 saturated carbocycles. The normalized spacial score (nSPS) is 17.6. The maximum Gasteiger partial charge on any atom is 0.225 e. The van der Waals surface area contributed by atoms with Gasteiger partial charge >= 0.3 is 0 Å². The number of hydrogen-bond acceptors (Lipinski definition) is 4. The summed E-state index contributed by atoms with van der Waals surface area (Å²) < 4.78 is 15.7. The van der Waals surface area contributed by atoms with Crippen LogP contribution in [0.5, 0.6) is 0 Å². The number of carbonyl (C=O) groups excluding carboxylic acids is 1. The van der Waals surface area contributed by atoms with Crippen LogP contribution in [0.2, 0.25) is 5.02 Å². The molecule has 6 nitrogen and oxygen atoms in total. The van der Waals surface area contributed by atoms with Gasteiger partial charge in [-0.1, -0.05) is 17.7 Å². The molecule has 1 amide bonds. The van der Waals surface area contributed by atoms with Crippen LogP contribution >= 0.6 is 11.6 Å². The third kappa shape index (κ3) is 3.51. The molecular formula is C15H17ClFN5O. The fourth-order valence-corrected chi connectivity index (χ4v) is 2.98. The third-order valence-electron chi connectivity index (χ3n) is 3.87. The molecule has 1 aliphatic rings. The molecule has 1 aromatic carbocycles. The quantitative estimate of drug-likeness (QED) is 0.859. The summed E-state index contributed by atoms with van der Waals surface area (Å²) in [6.45, 7) is 1.84. The van der Waals surface area contributed by atoms with Crippen LogP contribution in [-0.2, 0) is 17.8 Å². The van der Waals surface area contributed by atoms with E-state index in [9.17, 15) is 9.18 Å². The molecule has 0 radical (unpaired) electrons. The van der Waals surface area contributed by atoms with E-state index in [1.807, 2.05) is 0 Å². The van der Waals surface area contributed by atoms with Gasteiger partial charge < -0.3 is 11.1 Å². The van der Waals surface area contributed by atoms with Crippen LogP contribution in [0.1, 0.15) is 29.6 Å². The van der Waals surface area contributed by atoms with Crippen LogP contribution < -0.4 is 11.1 Å². The maximum atomic E-state index is 14.0. The first-order valence-corrected chi connectivity index (χ1v) is 7.78. The van der Waals surface area contributed by atoms with Crippen molar-refractivity contribution in [2.24, 2.45) is 5.73 Å². The fourth-order valence-electron chi connectivity index (χ4n) is 2.76. The van der Waals surface area contributed by atoms with Crippen molar-refractivity contribution in [3.8, 4) is 0 Å². The Kier molecular flexibility index (Phi) is 4.58. The molecule has 1 fully saturated rings. The Bertz CT molecular complexity index is 706. The Morgan fingerprint density at radius 1 is 1.52 bits per heavy atom. The fraction of sp³-hybridized carbons (Fsp3) is 0.400. The molecule has 3 N–H and O–H groups in total. The van der Waals surface area contributed by atoms with Crippen LogP contribution in [0, 0.1) is 5.82 Å². The van der Waals surface area contributed by atoms with Crippen molar-refractivity contribution in [1.29, 1.82) is 0 Å². The van der Waals surface area contributed by atoms with Gasteiger partial charge in [-0.15, -0.1) is 0 Å². The average molecular weight is 338 g/mol. The number of nitrogens with one attached hydrogen (secondary N) is 1. The Morgan fingerprint density at radius 3 is 3.00 bits per heavy atom. The van der Waals surface area contributed by atoms with E-state index in [1.54, 1.807) is 16.8 Å². The minimum Gasteiger partial charge on any atom is -0.369 e. The summed E-state index contributed by atoms with van der Waals surface area (Å²) in [6.07, 6.45) is 0.880. The third-order valence-corrected chi connectivity index (χ3v) is 4.23. The van der Waals surface area contributed by atoms with E-state index in [-0.39, 0.29) is 24.7 Å². The molecule has 1 aliphatic heterocycles. The van der Waals surface area contributed by atoms with Crippen molar-refractivity contribution in [3.63, 3.8) is 0 Å². The van der Waals surface area contributed by atoms with Gasteiger partial charge in [0.25, 0.3) is 0 Å². The molecule has 2 heterocycles. The Labute approximate surface area is 137 Å². The standard InChI is InChI=1S/C15H17ClFN5O/c16-11-2-1-3-12(17)10(11)8-22-15(9-4-5-19-7-9)20-14(21-22)6-13(18)23/h1-3,9,19H,4-8H2,(H2,18,23)/t9-/m0/s1. The lowest BCUT2D eigenvalue weighted by Gasteiger charge is -2.12. The zero-order chi connectivity index (χ0) is 16.4. The van der Waals surface area contributed by atoms with E-state index in [0.717, 1.165) is 25.3 Å². The van der Waals surface area contributed by atoms with Crippen molar-refractivity contribution >= 4 is 17.5 Å². The molecule has 2 aromatic rings. The van der Waals surface area contributed by atoms with Crippen molar-refractivity contribution in [2.75, 3.05) is 13.1 Å². The minimum atomic E-state index is -0.498. The number of rotatable bonds is 5. The molecule has 23 heavy (non-hydrogen) atoms. The van der Waals surface area contributed by atoms with E-state index in [4.69, 9.17) is 17.3 Å². The zero-order valence-electron chi connectivity index (χ0n) is 12.4. The molecule has 1 saturated heterocycles. The molecule has 1 aromatic heterocycles. The van der Waals surface area contributed by atoms with E-state index < -0.39 is 5.91 Å². The Balaban J connectivity index is 1.95. The van der Waals surface area contributed by atoms with Gasteiger partial charge in [0.05, 0.1) is 13.0 Å². The van der Waals surface area contributed by atoms with E-state index in [2.05, 4.69) is 15.4 Å².